The van der Waals surface area contributed by atoms with Gasteiger partial charge in [0.2, 0.25) is 5.78 Å². The van der Waals surface area contributed by atoms with Crippen LogP contribution in [-0.4, -0.2) is 39.1 Å². The summed E-state index contributed by atoms with van der Waals surface area (Å²) in [5, 5.41) is 41.6. The molecule has 0 heterocycles. The van der Waals surface area contributed by atoms with Crippen molar-refractivity contribution >= 4 is 23.2 Å². The Labute approximate surface area is 172 Å². The highest BCUT2D eigenvalue weighted by molar-refractivity contribution is 6.37. The standard InChI is InChI=1S/C21H21ClO7/c1-3-4-5-6-11(23)16-12(24)7-9-14(20(16)27)19(26)15-10(18(9)25)8-13(29-2)17(22)21(15)28/h7-8,11,23-24,27-28H,3-6H2,1-2H3/t11-/m0/s1. The van der Waals surface area contributed by atoms with Crippen LogP contribution >= 0.6 is 11.6 Å². The van der Waals surface area contributed by atoms with Gasteiger partial charge in [-0.2, -0.15) is 0 Å². The van der Waals surface area contributed by atoms with Gasteiger partial charge in [-0.15, -0.1) is 0 Å². The average Bonchev–Trinajstić information content (AvgIpc) is 2.67. The molecule has 7 nitrogen and oxygen atoms in total. The summed E-state index contributed by atoms with van der Waals surface area (Å²) in [6.07, 6.45) is 1.47. The number of carbonyl (C=O) groups excluding carboxylic acids is 2. The number of fused-ring (bicyclic) bond motifs is 2. The van der Waals surface area contributed by atoms with Crippen molar-refractivity contribution in [3.05, 3.63) is 45.0 Å². The molecule has 0 saturated heterocycles. The minimum Gasteiger partial charge on any atom is -0.507 e. The van der Waals surface area contributed by atoms with Crippen molar-refractivity contribution in [3.8, 4) is 23.0 Å². The van der Waals surface area contributed by atoms with Crippen LogP contribution in [0.5, 0.6) is 23.0 Å². The van der Waals surface area contributed by atoms with Crippen molar-refractivity contribution in [1.29, 1.82) is 0 Å². The predicted octanol–water partition coefficient (Wildman–Crippen LogP) is 3.85. The molecule has 0 saturated carbocycles. The highest BCUT2D eigenvalue weighted by Gasteiger charge is 2.38. The summed E-state index contributed by atoms with van der Waals surface area (Å²) in [5.74, 6) is -3.33. The molecule has 1 aliphatic carbocycles. The number of halogens is 1. The Hall–Kier alpha value is -2.77. The Bertz CT molecular complexity index is 1010. The van der Waals surface area contributed by atoms with Crippen molar-refractivity contribution in [2.24, 2.45) is 0 Å². The van der Waals surface area contributed by atoms with Crippen molar-refractivity contribution in [3.63, 3.8) is 0 Å². The van der Waals surface area contributed by atoms with Crippen LogP contribution in [0.4, 0.5) is 0 Å². The lowest BCUT2D eigenvalue weighted by Crippen LogP contribution is -2.22. The van der Waals surface area contributed by atoms with Gasteiger partial charge in [-0.3, -0.25) is 9.59 Å². The highest BCUT2D eigenvalue weighted by Crippen LogP contribution is 2.47. The lowest BCUT2D eigenvalue weighted by atomic mass is 9.81. The van der Waals surface area contributed by atoms with Crippen molar-refractivity contribution < 1.29 is 34.8 Å². The molecule has 0 amide bonds. The van der Waals surface area contributed by atoms with E-state index in [4.69, 9.17) is 16.3 Å². The number of benzene rings is 2. The number of ketones is 2. The third kappa shape index (κ3) is 3.30. The molecule has 2 aromatic carbocycles. The molecular formula is C21H21ClO7. The number of unbranched alkanes of at least 4 members (excludes halogenated alkanes) is 2. The molecule has 1 aliphatic rings. The van der Waals surface area contributed by atoms with Crippen LogP contribution in [0.3, 0.4) is 0 Å². The van der Waals surface area contributed by atoms with Gasteiger partial charge in [0, 0.05) is 11.1 Å². The zero-order valence-corrected chi connectivity index (χ0v) is 16.7. The van der Waals surface area contributed by atoms with E-state index in [-0.39, 0.29) is 45.0 Å². The molecule has 4 N–H and O–H groups in total. The molecule has 29 heavy (non-hydrogen) atoms. The third-order valence-electron chi connectivity index (χ3n) is 5.10. The molecule has 1 atom stereocenters. The fourth-order valence-electron chi connectivity index (χ4n) is 3.59. The molecule has 0 unspecified atom stereocenters. The molecule has 154 valence electrons. The van der Waals surface area contributed by atoms with Gasteiger partial charge in [-0.1, -0.05) is 37.8 Å². The Morgan fingerprint density at radius 2 is 1.62 bits per heavy atom. The van der Waals surface area contributed by atoms with Crippen LogP contribution in [-0.2, 0) is 0 Å². The smallest absolute Gasteiger partial charge is 0.202 e. The molecule has 0 radical (unpaired) electrons. The maximum atomic E-state index is 13.1. The fourth-order valence-corrected chi connectivity index (χ4v) is 3.81. The van der Waals surface area contributed by atoms with E-state index < -0.39 is 34.9 Å². The molecule has 2 aromatic rings. The summed E-state index contributed by atoms with van der Waals surface area (Å²) < 4.78 is 5.02. The first-order chi connectivity index (χ1) is 13.7. The number of aliphatic hydroxyl groups is 1. The zero-order chi connectivity index (χ0) is 21.5. The van der Waals surface area contributed by atoms with E-state index in [1.165, 1.54) is 13.2 Å². The number of aliphatic hydroxyl groups excluding tert-OH is 1. The van der Waals surface area contributed by atoms with Gasteiger partial charge in [0.15, 0.2) is 5.78 Å². The van der Waals surface area contributed by atoms with Crippen LogP contribution in [0.25, 0.3) is 0 Å². The van der Waals surface area contributed by atoms with E-state index in [2.05, 4.69) is 0 Å². The summed E-state index contributed by atoms with van der Waals surface area (Å²) in [6.45, 7) is 1.99. The quantitative estimate of drug-likeness (QED) is 0.446. The van der Waals surface area contributed by atoms with E-state index in [1.54, 1.807) is 0 Å². The topological polar surface area (TPSA) is 124 Å². The molecule has 3 rings (SSSR count). The SMILES string of the molecule is CCCCC[C@H](O)c1c(O)cc2c(c1O)C(=O)c1c(cc(OC)c(Cl)c1O)C2=O. The van der Waals surface area contributed by atoms with Crippen LogP contribution in [0, 0.1) is 0 Å². The molecule has 0 bridgehead atoms. The highest BCUT2D eigenvalue weighted by atomic mass is 35.5. The first kappa shape index (κ1) is 21.0. The number of phenolic OH excluding ortho intramolecular Hbond substituents is 3. The van der Waals surface area contributed by atoms with Gasteiger partial charge >= 0.3 is 0 Å². The van der Waals surface area contributed by atoms with Crippen molar-refractivity contribution in [2.75, 3.05) is 7.11 Å². The first-order valence-corrected chi connectivity index (χ1v) is 9.58. The van der Waals surface area contributed by atoms with E-state index in [0.717, 1.165) is 18.9 Å². The van der Waals surface area contributed by atoms with E-state index in [9.17, 15) is 30.0 Å². The zero-order valence-electron chi connectivity index (χ0n) is 16.0. The van der Waals surface area contributed by atoms with Gasteiger partial charge in [-0.25, -0.2) is 0 Å². The number of hydrogen-bond acceptors (Lipinski definition) is 7. The lowest BCUT2D eigenvalue weighted by Gasteiger charge is -2.24. The van der Waals surface area contributed by atoms with Crippen LogP contribution < -0.4 is 4.74 Å². The second-order valence-corrected chi connectivity index (χ2v) is 7.29. The number of hydrogen-bond donors (Lipinski definition) is 4. The number of rotatable bonds is 6. The average molecular weight is 421 g/mol. The molecule has 0 spiro atoms. The van der Waals surface area contributed by atoms with Crippen LogP contribution in [0.2, 0.25) is 5.02 Å². The Balaban J connectivity index is 2.18. The summed E-state index contributed by atoms with van der Waals surface area (Å²) in [5.41, 5.74) is -1.35. The van der Waals surface area contributed by atoms with E-state index in [1.807, 2.05) is 6.92 Å². The minimum atomic E-state index is -1.22. The van der Waals surface area contributed by atoms with Crippen molar-refractivity contribution in [1.82, 2.24) is 0 Å². The molecule has 0 aromatic heterocycles. The number of phenols is 3. The van der Waals surface area contributed by atoms with Gasteiger partial charge in [-0.05, 0) is 18.6 Å². The van der Waals surface area contributed by atoms with E-state index >= 15 is 0 Å². The van der Waals surface area contributed by atoms with Crippen molar-refractivity contribution in [2.45, 2.75) is 38.7 Å². The maximum absolute atomic E-state index is 13.1. The molecule has 8 heteroatoms. The Morgan fingerprint density at radius 3 is 2.24 bits per heavy atom. The van der Waals surface area contributed by atoms with E-state index in [0.29, 0.717) is 6.42 Å². The van der Waals surface area contributed by atoms with Gasteiger partial charge < -0.3 is 25.2 Å². The monoisotopic (exact) mass is 420 g/mol. The van der Waals surface area contributed by atoms with Gasteiger partial charge in [0.1, 0.15) is 28.0 Å². The summed E-state index contributed by atoms with van der Waals surface area (Å²) in [6, 6.07) is 2.27. The normalized spacial score (nSPS) is 13.8. The van der Waals surface area contributed by atoms with Gasteiger partial charge in [0.05, 0.1) is 29.9 Å². The minimum absolute atomic E-state index is 0.00364. The molecule has 0 fully saturated rings. The number of ether oxygens (including phenoxy) is 1. The van der Waals surface area contributed by atoms with Crippen LogP contribution in [0.15, 0.2) is 12.1 Å². The Kier molecular flexibility index (Phi) is 5.73. The summed E-state index contributed by atoms with van der Waals surface area (Å²) in [7, 11) is 1.29. The molecular weight excluding hydrogens is 400 g/mol. The fraction of sp³-hybridized carbons (Fsp3) is 0.333. The second-order valence-electron chi connectivity index (χ2n) is 6.91. The second kappa shape index (κ2) is 7.93. The maximum Gasteiger partial charge on any atom is 0.202 e. The first-order valence-electron chi connectivity index (χ1n) is 9.20. The lowest BCUT2D eigenvalue weighted by molar-refractivity contribution is 0.0971. The molecule has 0 aliphatic heterocycles. The summed E-state index contributed by atoms with van der Waals surface area (Å²) in [4.78, 5) is 26.0. The van der Waals surface area contributed by atoms with Gasteiger partial charge in [0.25, 0.3) is 0 Å². The summed E-state index contributed by atoms with van der Waals surface area (Å²) >= 11 is 6.01. The largest absolute Gasteiger partial charge is 0.507 e. The Morgan fingerprint density at radius 1 is 1.00 bits per heavy atom. The van der Waals surface area contributed by atoms with Crippen LogP contribution in [0.1, 0.15) is 76.1 Å². The third-order valence-corrected chi connectivity index (χ3v) is 5.47. The number of methoxy groups -OCH3 is 1. The number of carbonyl (C=O) groups is 2. The predicted molar refractivity (Wildman–Crippen MR) is 105 cm³/mol. The number of aromatic hydroxyl groups is 3.